The molecule has 0 aliphatic heterocycles. The van der Waals surface area contributed by atoms with Gasteiger partial charge in [0.25, 0.3) is 0 Å². The number of rotatable bonds is 8. The maximum atomic E-state index is 6.22. The number of benzene rings is 4. The molecule has 1 saturated carbocycles. The SMILES string of the molecule is C=CC1CC(Oc2ccc([C@@H]3c4ccc(OCc5ccccc5)cc4CC[C@@H]3c3ccccc3)cc2)C1. The molecular weight excluding hydrogens is 452 g/mol. The fourth-order valence-corrected chi connectivity index (χ4v) is 5.94. The Morgan fingerprint density at radius 3 is 2.19 bits per heavy atom. The first kappa shape index (κ1) is 23.6. The van der Waals surface area contributed by atoms with Gasteiger partial charge in [-0.05, 0) is 89.6 Å². The Bertz CT molecular complexity index is 1320. The van der Waals surface area contributed by atoms with Crippen LogP contribution in [0.2, 0.25) is 0 Å². The minimum absolute atomic E-state index is 0.303. The predicted molar refractivity (Wildman–Crippen MR) is 150 cm³/mol. The van der Waals surface area contributed by atoms with Crippen molar-refractivity contribution in [1.82, 2.24) is 0 Å². The Hall–Kier alpha value is -3.78. The summed E-state index contributed by atoms with van der Waals surface area (Å²) in [6.07, 6.45) is 6.69. The number of hydrogen-bond donors (Lipinski definition) is 0. The van der Waals surface area contributed by atoms with Gasteiger partial charge < -0.3 is 9.47 Å². The van der Waals surface area contributed by atoms with Crippen molar-refractivity contribution in [2.75, 3.05) is 0 Å². The average Bonchev–Trinajstić information content (AvgIpc) is 2.94. The zero-order valence-corrected chi connectivity index (χ0v) is 21.3. The number of fused-ring (bicyclic) bond motifs is 1. The first-order valence-electron chi connectivity index (χ1n) is 13.5. The van der Waals surface area contributed by atoms with Gasteiger partial charge >= 0.3 is 0 Å². The van der Waals surface area contributed by atoms with Crippen LogP contribution < -0.4 is 9.47 Å². The number of hydrogen-bond acceptors (Lipinski definition) is 2. The van der Waals surface area contributed by atoms with Gasteiger partial charge in [0.2, 0.25) is 0 Å². The summed E-state index contributed by atoms with van der Waals surface area (Å²) in [6.45, 7) is 4.49. The summed E-state index contributed by atoms with van der Waals surface area (Å²) >= 11 is 0. The third kappa shape index (κ3) is 5.20. The van der Waals surface area contributed by atoms with E-state index < -0.39 is 0 Å². The summed E-state index contributed by atoms with van der Waals surface area (Å²) in [4.78, 5) is 0. The van der Waals surface area contributed by atoms with Crippen LogP contribution in [0, 0.1) is 5.92 Å². The summed E-state index contributed by atoms with van der Waals surface area (Å²) < 4.78 is 12.4. The van der Waals surface area contributed by atoms with Gasteiger partial charge in [0.05, 0.1) is 6.10 Å². The van der Waals surface area contributed by atoms with Crippen LogP contribution in [-0.4, -0.2) is 6.10 Å². The largest absolute Gasteiger partial charge is 0.490 e. The lowest BCUT2D eigenvalue weighted by Crippen LogP contribution is -2.32. The van der Waals surface area contributed by atoms with Crippen molar-refractivity contribution >= 4 is 0 Å². The summed E-state index contributed by atoms with van der Waals surface area (Å²) in [6, 6.07) is 36.9. The van der Waals surface area contributed by atoms with Crippen molar-refractivity contribution in [2.24, 2.45) is 5.92 Å². The van der Waals surface area contributed by atoms with Gasteiger partial charge in [-0.3, -0.25) is 0 Å². The normalized spacial score (nSPS) is 22.4. The van der Waals surface area contributed by atoms with Crippen molar-refractivity contribution in [3.8, 4) is 11.5 Å². The molecule has 2 aliphatic carbocycles. The van der Waals surface area contributed by atoms with Crippen LogP contribution in [0.5, 0.6) is 11.5 Å². The van der Waals surface area contributed by atoms with Gasteiger partial charge in [0.1, 0.15) is 18.1 Å². The van der Waals surface area contributed by atoms with E-state index in [0.29, 0.717) is 30.5 Å². The van der Waals surface area contributed by atoms with E-state index in [-0.39, 0.29) is 0 Å². The molecule has 1 fully saturated rings. The van der Waals surface area contributed by atoms with E-state index in [1.54, 1.807) is 0 Å². The first-order valence-corrected chi connectivity index (χ1v) is 13.5. The highest BCUT2D eigenvalue weighted by Crippen LogP contribution is 2.47. The minimum atomic E-state index is 0.303. The second-order valence-electron chi connectivity index (χ2n) is 10.4. The van der Waals surface area contributed by atoms with Crippen molar-refractivity contribution in [1.29, 1.82) is 0 Å². The zero-order chi connectivity index (χ0) is 25.0. The molecule has 4 aromatic carbocycles. The lowest BCUT2D eigenvalue weighted by atomic mass is 9.69. The van der Waals surface area contributed by atoms with Crippen molar-refractivity contribution in [2.45, 2.75) is 50.2 Å². The van der Waals surface area contributed by atoms with E-state index in [2.05, 4.69) is 104 Å². The number of aryl methyl sites for hydroxylation is 1. The number of allylic oxidation sites excluding steroid dienone is 1. The highest BCUT2D eigenvalue weighted by Gasteiger charge is 2.33. The average molecular weight is 487 g/mol. The van der Waals surface area contributed by atoms with Gasteiger partial charge in [0.15, 0.2) is 0 Å². The maximum Gasteiger partial charge on any atom is 0.120 e. The molecule has 0 N–H and O–H groups in total. The summed E-state index contributed by atoms with van der Waals surface area (Å²) in [5, 5.41) is 0. The lowest BCUT2D eigenvalue weighted by Gasteiger charge is -2.35. The summed E-state index contributed by atoms with van der Waals surface area (Å²) in [5.41, 5.74) is 6.75. The van der Waals surface area contributed by atoms with E-state index >= 15 is 0 Å². The molecule has 2 aliphatic rings. The second kappa shape index (κ2) is 10.7. The third-order valence-corrected chi connectivity index (χ3v) is 8.06. The van der Waals surface area contributed by atoms with E-state index in [0.717, 1.165) is 37.2 Å². The third-order valence-electron chi connectivity index (χ3n) is 8.06. The molecule has 6 rings (SSSR count). The smallest absolute Gasteiger partial charge is 0.120 e. The molecule has 0 aromatic heterocycles. The van der Waals surface area contributed by atoms with Crippen LogP contribution in [-0.2, 0) is 13.0 Å². The topological polar surface area (TPSA) is 18.5 Å². The van der Waals surface area contributed by atoms with Crippen LogP contribution in [0.15, 0.2) is 116 Å². The zero-order valence-electron chi connectivity index (χ0n) is 21.3. The molecule has 4 aromatic rings. The van der Waals surface area contributed by atoms with Crippen molar-refractivity contribution in [3.05, 3.63) is 144 Å². The lowest BCUT2D eigenvalue weighted by molar-refractivity contribution is 0.0864. The standard InChI is InChI=1S/C35H34O2/c1-2-25-21-32(22-25)37-30-16-13-28(14-17-30)35-33(27-11-7-4-8-12-27)19-15-29-23-31(18-20-34(29)35)36-24-26-9-5-3-6-10-26/h2-14,16-18,20,23,25,32-33,35H,1,15,19,21-22,24H2/t25?,32?,33-,35+/m1/s1. The molecule has 0 spiro atoms. The van der Waals surface area contributed by atoms with Crippen LogP contribution in [0.25, 0.3) is 0 Å². The quantitative estimate of drug-likeness (QED) is 0.233. The van der Waals surface area contributed by atoms with E-state index in [1.807, 2.05) is 12.1 Å². The molecule has 0 amide bonds. The molecule has 2 heteroatoms. The Morgan fingerprint density at radius 1 is 0.757 bits per heavy atom. The molecule has 2 nitrogen and oxygen atoms in total. The van der Waals surface area contributed by atoms with Gasteiger partial charge in [-0.2, -0.15) is 0 Å². The Balaban J connectivity index is 1.26. The van der Waals surface area contributed by atoms with Gasteiger partial charge in [-0.25, -0.2) is 0 Å². The van der Waals surface area contributed by atoms with Gasteiger partial charge in [0, 0.05) is 5.92 Å². The van der Waals surface area contributed by atoms with E-state index in [9.17, 15) is 0 Å². The molecule has 0 bridgehead atoms. The Morgan fingerprint density at radius 2 is 1.46 bits per heavy atom. The second-order valence-corrected chi connectivity index (χ2v) is 10.4. The first-order chi connectivity index (χ1) is 18.3. The molecule has 37 heavy (non-hydrogen) atoms. The van der Waals surface area contributed by atoms with Crippen LogP contribution in [0.3, 0.4) is 0 Å². The predicted octanol–water partition coefficient (Wildman–Crippen LogP) is 8.47. The van der Waals surface area contributed by atoms with E-state index in [4.69, 9.17) is 9.47 Å². The fourth-order valence-electron chi connectivity index (χ4n) is 5.94. The number of ether oxygens (including phenoxy) is 2. The fraction of sp³-hybridized carbons (Fsp3) is 0.257. The van der Waals surface area contributed by atoms with Crippen molar-refractivity contribution < 1.29 is 9.47 Å². The van der Waals surface area contributed by atoms with Crippen molar-refractivity contribution in [3.63, 3.8) is 0 Å². The summed E-state index contributed by atoms with van der Waals surface area (Å²) in [5.74, 6) is 3.26. The molecular formula is C35H34O2. The monoisotopic (exact) mass is 486 g/mol. The molecule has 0 saturated heterocycles. The Labute approximate surface area is 220 Å². The minimum Gasteiger partial charge on any atom is -0.490 e. The van der Waals surface area contributed by atoms with Gasteiger partial charge in [-0.1, -0.05) is 84.9 Å². The Kier molecular flexibility index (Phi) is 6.82. The molecule has 186 valence electrons. The van der Waals surface area contributed by atoms with Gasteiger partial charge in [-0.15, -0.1) is 6.58 Å². The molecule has 2 atom stereocenters. The highest BCUT2D eigenvalue weighted by atomic mass is 16.5. The molecule has 0 radical (unpaired) electrons. The van der Waals surface area contributed by atoms with Crippen LogP contribution in [0.1, 0.15) is 58.9 Å². The molecule has 0 unspecified atom stereocenters. The van der Waals surface area contributed by atoms with Crippen LogP contribution in [0.4, 0.5) is 0 Å². The highest BCUT2D eigenvalue weighted by molar-refractivity contribution is 5.48. The maximum absolute atomic E-state index is 6.22. The molecule has 0 heterocycles. The summed E-state index contributed by atoms with van der Waals surface area (Å²) in [7, 11) is 0. The van der Waals surface area contributed by atoms with Crippen LogP contribution >= 0.6 is 0 Å². The van der Waals surface area contributed by atoms with E-state index in [1.165, 1.54) is 27.8 Å².